The second-order valence-corrected chi connectivity index (χ2v) is 8.24. The van der Waals surface area contributed by atoms with Gasteiger partial charge in [-0.25, -0.2) is 4.68 Å². The Balaban J connectivity index is 1.92. The maximum Gasteiger partial charge on any atom is 0.222 e. The Morgan fingerprint density at radius 3 is 2.56 bits per heavy atom. The zero-order valence-corrected chi connectivity index (χ0v) is 20.3. The number of hydrogen-bond acceptors (Lipinski definition) is 6. The van der Waals surface area contributed by atoms with E-state index in [9.17, 15) is 5.11 Å². The van der Waals surface area contributed by atoms with Crippen LogP contribution in [-0.4, -0.2) is 65.9 Å². The lowest BCUT2D eigenvalue weighted by molar-refractivity contribution is 0.0193. The molecule has 0 aliphatic heterocycles. The van der Waals surface area contributed by atoms with E-state index in [1.165, 1.54) is 5.56 Å². The summed E-state index contributed by atoms with van der Waals surface area (Å²) in [6, 6.07) is 18.0. The molecule has 0 aliphatic rings. The number of nitrogens with zero attached hydrogens (tertiary/aromatic N) is 3. The van der Waals surface area contributed by atoms with Gasteiger partial charge in [0.15, 0.2) is 0 Å². The monoisotopic (exact) mass is 465 g/mol. The van der Waals surface area contributed by atoms with Crippen molar-refractivity contribution < 1.29 is 19.3 Å². The van der Waals surface area contributed by atoms with E-state index in [2.05, 4.69) is 11.5 Å². The van der Waals surface area contributed by atoms with Gasteiger partial charge in [0.1, 0.15) is 11.4 Å². The molecule has 1 N–H and O–H groups in total. The van der Waals surface area contributed by atoms with Gasteiger partial charge < -0.3 is 19.3 Å². The van der Waals surface area contributed by atoms with Crippen molar-refractivity contribution in [3.8, 4) is 22.9 Å². The molecule has 2 aromatic carbocycles. The lowest BCUT2D eigenvalue weighted by atomic mass is 10.1. The van der Waals surface area contributed by atoms with E-state index >= 15 is 0 Å². The highest BCUT2D eigenvalue weighted by Gasteiger charge is 2.23. The van der Waals surface area contributed by atoms with E-state index in [1.807, 2.05) is 68.6 Å². The normalized spacial score (nSPS) is 12.1. The van der Waals surface area contributed by atoms with Crippen molar-refractivity contribution >= 4 is 0 Å². The highest BCUT2D eigenvalue weighted by atomic mass is 16.5. The summed E-state index contributed by atoms with van der Waals surface area (Å²) in [5, 5.41) is 15.4. The lowest BCUT2D eigenvalue weighted by Crippen LogP contribution is -2.36. The van der Waals surface area contributed by atoms with Gasteiger partial charge in [-0.1, -0.05) is 54.1 Å². The lowest BCUT2D eigenvalue weighted by Gasteiger charge is -2.25. The number of aryl methyl sites for hydroxylation is 2. The van der Waals surface area contributed by atoms with Crippen molar-refractivity contribution in [2.75, 3.05) is 40.0 Å². The Morgan fingerprint density at radius 1 is 1.15 bits per heavy atom. The third kappa shape index (κ3) is 7.27. The second kappa shape index (κ2) is 13.1. The SMILES string of the molecule is C=CCOCC(O)CN(CCOC)Cc1c(-c2ccccc2)nn(C)c1Oc1ccc(C)cc1. The summed E-state index contributed by atoms with van der Waals surface area (Å²) < 4.78 is 18.9. The predicted octanol–water partition coefficient (Wildman–Crippen LogP) is 4.20. The fraction of sp³-hybridized carbons (Fsp3) is 0.370. The van der Waals surface area contributed by atoms with Gasteiger partial charge in [0, 0.05) is 39.4 Å². The van der Waals surface area contributed by atoms with E-state index in [0.29, 0.717) is 38.7 Å². The first-order valence-corrected chi connectivity index (χ1v) is 11.5. The quantitative estimate of drug-likeness (QED) is 0.284. The predicted molar refractivity (Wildman–Crippen MR) is 134 cm³/mol. The average molecular weight is 466 g/mol. The Morgan fingerprint density at radius 2 is 1.88 bits per heavy atom. The molecule has 182 valence electrons. The molecule has 0 amide bonds. The fourth-order valence-corrected chi connectivity index (χ4v) is 3.69. The highest BCUT2D eigenvalue weighted by molar-refractivity contribution is 5.65. The molecule has 0 saturated heterocycles. The molecule has 0 fully saturated rings. The van der Waals surface area contributed by atoms with Crippen molar-refractivity contribution in [1.82, 2.24) is 14.7 Å². The van der Waals surface area contributed by atoms with Crippen molar-refractivity contribution in [1.29, 1.82) is 0 Å². The Labute approximate surface area is 202 Å². The number of aliphatic hydroxyl groups excluding tert-OH is 1. The number of benzene rings is 2. The summed E-state index contributed by atoms with van der Waals surface area (Å²) in [4.78, 5) is 2.14. The molecule has 7 heteroatoms. The maximum absolute atomic E-state index is 10.6. The summed E-state index contributed by atoms with van der Waals surface area (Å²) >= 11 is 0. The van der Waals surface area contributed by atoms with Gasteiger partial charge in [-0.3, -0.25) is 4.90 Å². The van der Waals surface area contributed by atoms with Gasteiger partial charge in [-0.15, -0.1) is 6.58 Å². The molecule has 1 heterocycles. The van der Waals surface area contributed by atoms with Crippen LogP contribution >= 0.6 is 0 Å². The molecular formula is C27H35N3O4. The molecule has 1 unspecified atom stereocenters. The molecule has 34 heavy (non-hydrogen) atoms. The zero-order chi connectivity index (χ0) is 24.3. The van der Waals surface area contributed by atoms with Gasteiger partial charge in [0.25, 0.3) is 0 Å². The zero-order valence-electron chi connectivity index (χ0n) is 20.3. The maximum atomic E-state index is 10.6. The van der Waals surface area contributed by atoms with Gasteiger partial charge >= 0.3 is 0 Å². The van der Waals surface area contributed by atoms with Gasteiger partial charge in [-0.2, -0.15) is 5.10 Å². The number of ether oxygens (including phenoxy) is 3. The summed E-state index contributed by atoms with van der Waals surface area (Å²) in [5.41, 5.74) is 3.98. The van der Waals surface area contributed by atoms with Crippen LogP contribution in [0.1, 0.15) is 11.1 Å². The first kappa shape index (κ1) is 25.6. The van der Waals surface area contributed by atoms with Gasteiger partial charge in [-0.05, 0) is 19.1 Å². The van der Waals surface area contributed by atoms with Crippen LogP contribution in [0.2, 0.25) is 0 Å². The van der Waals surface area contributed by atoms with Crippen LogP contribution in [0.15, 0.2) is 67.3 Å². The molecule has 1 aromatic heterocycles. The number of methoxy groups -OCH3 is 1. The Kier molecular flexibility index (Phi) is 9.85. The Hall–Kier alpha value is -2.97. The Bertz CT molecular complexity index is 1020. The van der Waals surface area contributed by atoms with Crippen molar-refractivity contribution in [2.24, 2.45) is 7.05 Å². The average Bonchev–Trinajstić information content (AvgIpc) is 3.14. The van der Waals surface area contributed by atoms with Crippen LogP contribution in [0, 0.1) is 6.92 Å². The van der Waals surface area contributed by atoms with E-state index in [0.717, 1.165) is 22.6 Å². The molecule has 0 bridgehead atoms. The third-order valence-electron chi connectivity index (χ3n) is 5.38. The molecular weight excluding hydrogens is 430 g/mol. The number of hydrogen-bond donors (Lipinski definition) is 1. The minimum atomic E-state index is -0.643. The molecule has 7 nitrogen and oxygen atoms in total. The van der Waals surface area contributed by atoms with Crippen LogP contribution in [0.3, 0.4) is 0 Å². The molecule has 1 atom stereocenters. The van der Waals surface area contributed by atoms with Crippen molar-refractivity contribution in [3.05, 3.63) is 78.4 Å². The van der Waals surface area contributed by atoms with Gasteiger partial charge in [0.2, 0.25) is 5.88 Å². The molecule has 0 saturated carbocycles. The summed E-state index contributed by atoms with van der Waals surface area (Å²) in [6.07, 6.45) is 1.03. The molecule has 3 aromatic rings. The summed E-state index contributed by atoms with van der Waals surface area (Å²) in [7, 11) is 3.56. The van der Waals surface area contributed by atoms with Crippen molar-refractivity contribution in [3.63, 3.8) is 0 Å². The largest absolute Gasteiger partial charge is 0.439 e. The van der Waals surface area contributed by atoms with Crippen LogP contribution in [0.25, 0.3) is 11.3 Å². The topological polar surface area (TPSA) is 69.0 Å². The van der Waals surface area contributed by atoms with E-state index in [1.54, 1.807) is 17.9 Å². The smallest absolute Gasteiger partial charge is 0.222 e. The van der Waals surface area contributed by atoms with Crippen LogP contribution < -0.4 is 4.74 Å². The standard InChI is InChI=1S/C27H35N3O4/c1-5-16-33-20-23(31)18-30(15-17-32-4)19-25-26(22-9-7-6-8-10-22)28-29(3)27(25)34-24-13-11-21(2)12-14-24/h5-14,23,31H,1,15-20H2,2-4H3. The molecule has 0 radical (unpaired) electrons. The number of aromatic nitrogens is 2. The van der Waals surface area contributed by atoms with Gasteiger partial charge in [0.05, 0.1) is 31.5 Å². The highest BCUT2D eigenvalue weighted by Crippen LogP contribution is 2.34. The van der Waals surface area contributed by atoms with Crippen molar-refractivity contribution in [2.45, 2.75) is 19.6 Å². The first-order valence-electron chi connectivity index (χ1n) is 11.5. The molecule has 0 spiro atoms. The molecule has 0 aliphatic carbocycles. The fourth-order valence-electron chi connectivity index (χ4n) is 3.69. The summed E-state index contributed by atoms with van der Waals surface area (Å²) in [5.74, 6) is 1.42. The van der Waals surface area contributed by atoms with E-state index < -0.39 is 6.10 Å². The second-order valence-electron chi connectivity index (χ2n) is 8.24. The van der Waals surface area contributed by atoms with Crippen LogP contribution in [0.4, 0.5) is 0 Å². The number of rotatable bonds is 14. The number of aliphatic hydroxyl groups is 1. The minimum absolute atomic E-state index is 0.237. The van der Waals surface area contributed by atoms with Crippen LogP contribution in [-0.2, 0) is 23.1 Å². The minimum Gasteiger partial charge on any atom is -0.439 e. The first-order chi connectivity index (χ1) is 16.5. The van der Waals surface area contributed by atoms with Crippen LogP contribution in [0.5, 0.6) is 11.6 Å². The summed E-state index contributed by atoms with van der Waals surface area (Å²) in [6.45, 7) is 8.47. The third-order valence-corrected chi connectivity index (χ3v) is 5.38. The van der Waals surface area contributed by atoms with E-state index in [4.69, 9.17) is 19.3 Å². The molecule has 3 rings (SSSR count). The van der Waals surface area contributed by atoms with E-state index in [-0.39, 0.29) is 6.61 Å².